The Balaban J connectivity index is 1.63. The van der Waals surface area contributed by atoms with Crippen LogP contribution in [0, 0.1) is 0 Å². The van der Waals surface area contributed by atoms with Crippen LogP contribution < -0.4 is 10.7 Å². The van der Waals surface area contributed by atoms with E-state index in [-0.39, 0.29) is 24.1 Å². The first-order valence-corrected chi connectivity index (χ1v) is 8.15. The van der Waals surface area contributed by atoms with E-state index < -0.39 is 17.3 Å². The van der Waals surface area contributed by atoms with Crippen LogP contribution in [0.2, 0.25) is 0 Å². The molecular weight excluding hydrogens is 354 g/mol. The summed E-state index contributed by atoms with van der Waals surface area (Å²) in [6.45, 7) is 0.856. The molecule has 138 valence electrons. The number of carboxylic acids is 1. The number of aliphatic carboxylic acids is 1. The third kappa shape index (κ3) is 3.13. The number of carbonyl (C=O) groups excluding carboxylic acids is 2. The Morgan fingerprint density at radius 1 is 1.41 bits per heavy atom. The SMILES string of the molecule is O=C1CN(NC2=C(C(=O)O)C(=O)/C(=C/c3c[nH]c4ncccc34)O2)CCN1. The van der Waals surface area contributed by atoms with Crippen LogP contribution in [-0.4, -0.2) is 57.4 Å². The van der Waals surface area contributed by atoms with E-state index in [2.05, 4.69) is 20.7 Å². The molecule has 10 heteroatoms. The normalized spacial score (nSPS) is 19.5. The average Bonchev–Trinajstić information content (AvgIpc) is 3.17. The third-order valence-electron chi connectivity index (χ3n) is 4.17. The number of carbonyl (C=O) groups is 3. The maximum atomic E-state index is 12.5. The fraction of sp³-hybridized carbons (Fsp3) is 0.176. The predicted octanol–water partition coefficient (Wildman–Crippen LogP) is -0.264. The van der Waals surface area contributed by atoms with Crippen LogP contribution in [-0.2, 0) is 19.1 Å². The zero-order chi connectivity index (χ0) is 19.0. The highest BCUT2D eigenvalue weighted by molar-refractivity contribution is 6.26. The van der Waals surface area contributed by atoms with Gasteiger partial charge in [-0.15, -0.1) is 0 Å². The first-order chi connectivity index (χ1) is 13.0. The van der Waals surface area contributed by atoms with E-state index in [0.717, 1.165) is 5.39 Å². The van der Waals surface area contributed by atoms with E-state index in [9.17, 15) is 19.5 Å². The molecule has 0 saturated carbocycles. The number of rotatable bonds is 4. The highest BCUT2D eigenvalue weighted by atomic mass is 16.5. The van der Waals surface area contributed by atoms with E-state index in [1.54, 1.807) is 18.5 Å². The number of hydrazine groups is 1. The van der Waals surface area contributed by atoms with Crippen molar-refractivity contribution in [1.29, 1.82) is 0 Å². The first-order valence-electron chi connectivity index (χ1n) is 8.15. The van der Waals surface area contributed by atoms with Crippen molar-refractivity contribution >= 4 is 34.8 Å². The lowest BCUT2D eigenvalue weighted by molar-refractivity contribution is -0.134. The van der Waals surface area contributed by atoms with E-state index in [1.165, 1.54) is 11.1 Å². The molecule has 0 bridgehead atoms. The Hall–Kier alpha value is -3.66. The maximum absolute atomic E-state index is 12.5. The van der Waals surface area contributed by atoms with Gasteiger partial charge in [-0.2, -0.15) is 0 Å². The number of fused-ring (bicyclic) bond motifs is 1. The number of amides is 1. The number of allylic oxidation sites excluding steroid dienone is 1. The van der Waals surface area contributed by atoms with Gasteiger partial charge in [0.05, 0.1) is 6.54 Å². The first kappa shape index (κ1) is 16.8. The number of hydrogen-bond donors (Lipinski definition) is 4. The quantitative estimate of drug-likeness (QED) is 0.427. The molecule has 27 heavy (non-hydrogen) atoms. The van der Waals surface area contributed by atoms with Crippen molar-refractivity contribution in [3.63, 3.8) is 0 Å². The summed E-state index contributed by atoms with van der Waals surface area (Å²) in [5.74, 6) is -2.69. The zero-order valence-corrected chi connectivity index (χ0v) is 14.0. The molecule has 2 aliphatic heterocycles. The number of piperazine rings is 1. The molecule has 2 aromatic heterocycles. The largest absolute Gasteiger partial charge is 0.477 e. The molecule has 1 amide bonds. The molecule has 0 unspecified atom stereocenters. The summed E-state index contributed by atoms with van der Waals surface area (Å²) in [7, 11) is 0. The molecule has 10 nitrogen and oxygen atoms in total. The maximum Gasteiger partial charge on any atom is 0.345 e. The number of nitrogens with zero attached hydrogens (tertiary/aromatic N) is 2. The lowest BCUT2D eigenvalue weighted by Crippen LogP contribution is -2.53. The summed E-state index contributed by atoms with van der Waals surface area (Å²) in [4.78, 5) is 42.7. The molecule has 0 spiro atoms. The summed E-state index contributed by atoms with van der Waals surface area (Å²) in [6, 6.07) is 3.58. The Labute approximate surface area is 152 Å². The molecule has 4 N–H and O–H groups in total. The Morgan fingerprint density at radius 3 is 3.04 bits per heavy atom. The summed E-state index contributed by atoms with van der Waals surface area (Å²) in [6.07, 6.45) is 4.75. The van der Waals surface area contributed by atoms with Gasteiger partial charge in [-0.3, -0.25) is 15.0 Å². The minimum atomic E-state index is -1.41. The lowest BCUT2D eigenvalue weighted by atomic mass is 10.1. The number of Topliss-reactive ketones (excluding diaryl/α,β-unsaturated/α-hetero) is 1. The number of hydrogen-bond acceptors (Lipinski definition) is 7. The smallest absolute Gasteiger partial charge is 0.345 e. The van der Waals surface area contributed by atoms with Crippen molar-refractivity contribution in [2.75, 3.05) is 19.6 Å². The van der Waals surface area contributed by atoms with Gasteiger partial charge in [-0.05, 0) is 18.2 Å². The minimum Gasteiger partial charge on any atom is -0.477 e. The molecule has 0 aliphatic carbocycles. The molecular formula is C17H15N5O5. The van der Waals surface area contributed by atoms with Crippen molar-refractivity contribution < 1.29 is 24.2 Å². The number of ketones is 1. The number of H-pyrrole nitrogens is 1. The van der Waals surface area contributed by atoms with Gasteiger partial charge in [0.25, 0.3) is 0 Å². The van der Waals surface area contributed by atoms with E-state index in [4.69, 9.17) is 4.74 Å². The molecule has 2 aliphatic rings. The number of aromatic nitrogens is 2. The van der Waals surface area contributed by atoms with Crippen LogP contribution >= 0.6 is 0 Å². The van der Waals surface area contributed by atoms with Crippen LogP contribution in [0.4, 0.5) is 0 Å². The van der Waals surface area contributed by atoms with E-state index in [1.807, 2.05) is 6.07 Å². The third-order valence-corrected chi connectivity index (χ3v) is 4.17. The van der Waals surface area contributed by atoms with Crippen LogP contribution in [0.1, 0.15) is 5.56 Å². The fourth-order valence-electron chi connectivity index (χ4n) is 2.92. The minimum absolute atomic E-state index is 0.0150. The van der Waals surface area contributed by atoms with Gasteiger partial charge >= 0.3 is 5.97 Å². The average molecular weight is 369 g/mol. The highest BCUT2D eigenvalue weighted by Gasteiger charge is 2.37. The summed E-state index contributed by atoms with van der Waals surface area (Å²) in [5, 5.41) is 14.3. The van der Waals surface area contributed by atoms with Crippen LogP contribution in [0.25, 0.3) is 17.1 Å². The van der Waals surface area contributed by atoms with Crippen molar-refractivity contribution in [2.45, 2.75) is 0 Å². The van der Waals surface area contributed by atoms with E-state index in [0.29, 0.717) is 24.3 Å². The molecule has 1 saturated heterocycles. The summed E-state index contributed by atoms with van der Waals surface area (Å²) in [5.41, 5.74) is 3.50. The molecule has 0 radical (unpaired) electrons. The fourth-order valence-corrected chi connectivity index (χ4v) is 2.92. The number of pyridine rings is 1. The van der Waals surface area contributed by atoms with Crippen molar-refractivity contribution in [2.24, 2.45) is 0 Å². The Morgan fingerprint density at radius 2 is 2.26 bits per heavy atom. The topological polar surface area (TPSA) is 137 Å². The molecule has 0 aromatic carbocycles. The number of aromatic amines is 1. The summed E-state index contributed by atoms with van der Waals surface area (Å²) >= 11 is 0. The van der Waals surface area contributed by atoms with Gasteiger partial charge in [0.1, 0.15) is 5.65 Å². The number of nitrogens with one attached hydrogen (secondary N) is 3. The highest BCUT2D eigenvalue weighted by Crippen LogP contribution is 2.27. The second-order valence-electron chi connectivity index (χ2n) is 5.98. The molecule has 4 rings (SSSR count). The van der Waals surface area contributed by atoms with Gasteiger partial charge in [-0.1, -0.05) is 0 Å². The molecule has 4 heterocycles. The van der Waals surface area contributed by atoms with Crippen LogP contribution in [0.5, 0.6) is 0 Å². The second kappa shape index (κ2) is 6.57. The van der Waals surface area contributed by atoms with Gasteiger partial charge in [-0.25, -0.2) is 14.8 Å². The van der Waals surface area contributed by atoms with Gasteiger partial charge < -0.3 is 20.1 Å². The number of ether oxygens (including phenoxy) is 1. The van der Waals surface area contributed by atoms with Crippen molar-refractivity contribution in [3.8, 4) is 0 Å². The zero-order valence-electron chi connectivity index (χ0n) is 14.0. The number of carboxylic acid groups (broad SMARTS) is 1. The van der Waals surface area contributed by atoms with Crippen LogP contribution in [0.15, 0.2) is 41.7 Å². The predicted molar refractivity (Wildman–Crippen MR) is 92.5 cm³/mol. The van der Waals surface area contributed by atoms with E-state index >= 15 is 0 Å². The lowest BCUT2D eigenvalue weighted by Gasteiger charge is -2.27. The van der Waals surface area contributed by atoms with Crippen molar-refractivity contribution in [3.05, 3.63) is 47.3 Å². The summed E-state index contributed by atoms with van der Waals surface area (Å²) < 4.78 is 5.50. The second-order valence-corrected chi connectivity index (χ2v) is 5.98. The monoisotopic (exact) mass is 369 g/mol. The van der Waals surface area contributed by atoms with Gasteiger partial charge in [0.15, 0.2) is 11.3 Å². The van der Waals surface area contributed by atoms with Gasteiger partial charge in [0.2, 0.25) is 17.6 Å². The molecule has 0 atom stereocenters. The van der Waals surface area contributed by atoms with Crippen LogP contribution in [0.3, 0.4) is 0 Å². The Bertz CT molecular complexity index is 1020. The Kier molecular flexibility index (Phi) is 4.09. The van der Waals surface area contributed by atoms with Crippen molar-refractivity contribution in [1.82, 2.24) is 25.7 Å². The molecule has 1 fully saturated rings. The van der Waals surface area contributed by atoms with Gasteiger partial charge in [0, 0.05) is 36.4 Å². The standard InChI is InChI=1S/C17H15N5O5/c23-12-8-22(5-4-18-12)21-16-13(17(25)26)14(24)11(27-16)6-9-7-20-15-10(9)2-1-3-19-15/h1-3,6-7,21H,4-5,8H2,(H,18,23)(H,19,20)(H,25,26)/b11-6-. The molecule has 2 aromatic rings.